The van der Waals surface area contributed by atoms with Gasteiger partial charge in [0.25, 0.3) is 0 Å². The summed E-state index contributed by atoms with van der Waals surface area (Å²) < 4.78 is 0. The lowest BCUT2D eigenvalue weighted by atomic mass is 9.81. The van der Waals surface area contributed by atoms with Gasteiger partial charge in [0.2, 0.25) is 0 Å². The highest BCUT2D eigenvalue weighted by Crippen LogP contribution is 2.30. The molecule has 1 fully saturated rings. The van der Waals surface area contributed by atoms with Gasteiger partial charge in [-0.05, 0) is 36.5 Å². The topological polar surface area (TPSA) is 29.3 Å². The molecule has 106 valence electrons. The van der Waals surface area contributed by atoms with Crippen molar-refractivity contribution in [2.75, 3.05) is 24.5 Å². The first-order valence-corrected chi connectivity index (χ1v) is 7.87. The van der Waals surface area contributed by atoms with Gasteiger partial charge in [-0.25, -0.2) is 0 Å². The summed E-state index contributed by atoms with van der Waals surface area (Å²) in [7, 11) is 0. The first-order valence-electron chi connectivity index (χ1n) is 7.87. The largest absolute Gasteiger partial charge is 0.370 e. The normalized spacial score (nSPS) is 15.3. The van der Waals surface area contributed by atoms with Crippen molar-refractivity contribution < 1.29 is 0 Å². The van der Waals surface area contributed by atoms with Crippen molar-refractivity contribution in [2.24, 2.45) is 11.7 Å². The molecule has 1 aliphatic rings. The standard InChI is InChI=1S/C17H28N2/c1-2-3-12-19(13-11-18)17-9-7-16(8-10-17)14-15-5-4-6-15/h7-10,15H,2-6,11-14,18H2,1H3. The minimum atomic E-state index is 0.730. The third-order valence-corrected chi connectivity index (χ3v) is 4.23. The molecule has 1 saturated carbocycles. The van der Waals surface area contributed by atoms with Crippen LogP contribution in [0.5, 0.6) is 0 Å². The second-order valence-electron chi connectivity index (χ2n) is 5.80. The second-order valence-corrected chi connectivity index (χ2v) is 5.80. The lowest BCUT2D eigenvalue weighted by Crippen LogP contribution is -2.30. The molecule has 0 unspecified atom stereocenters. The molecule has 0 spiro atoms. The summed E-state index contributed by atoms with van der Waals surface area (Å²) in [5.41, 5.74) is 8.55. The minimum absolute atomic E-state index is 0.730. The lowest BCUT2D eigenvalue weighted by Gasteiger charge is -2.26. The molecule has 2 N–H and O–H groups in total. The van der Waals surface area contributed by atoms with Gasteiger partial charge in [0.1, 0.15) is 0 Å². The maximum absolute atomic E-state index is 5.72. The smallest absolute Gasteiger partial charge is 0.0366 e. The van der Waals surface area contributed by atoms with Gasteiger partial charge in [0, 0.05) is 25.3 Å². The molecule has 0 aliphatic heterocycles. The van der Waals surface area contributed by atoms with E-state index in [0.717, 1.165) is 25.6 Å². The molecule has 1 aromatic carbocycles. The molecular weight excluding hydrogens is 232 g/mol. The molecule has 0 heterocycles. The van der Waals surface area contributed by atoms with Crippen LogP contribution >= 0.6 is 0 Å². The summed E-state index contributed by atoms with van der Waals surface area (Å²) in [5.74, 6) is 0.950. The van der Waals surface area contributed by atoms with Gasteiger partial charge in [-0.2, -0.15) is 0 Å². The Hall–Kier alpha value is -1.02. The number of benzene rings is 1. The van der Waals surface area contributed by atoms with Crippen LogP contribution in [0.25, 0.3) is 0 Å². The number of hydrogen-bond acceptors (Lipinski definition) is 2. The molecule has 19 heavy (non-hydrogen) atoms. The Kier molecular flexibility index (Phi) is 5.71. The Morgan fingerprint density at radius 1 is 1.16 bits per heavy atom. The molecule has 0 atom stereocenters. The average Bonchev–Trinajstić information content (AvgIpc) is 2.40. The Morgan fingerprint density at radius 3 is 2.42 bits per heavy atom. The zero-order valence-electron chi connectivity index (χ0n) is 12.3. The fourth-order valence-electron chi connectivity index (χ4n) is 2.75. The summed E-state index contributed by atoms with van der Waals surface area (Å²) in [6.45, 7) is 5.05. The third-order valence-electron chi connectivity index (χ3n) is 4.23. The second kappa shape index (κ2) is 7.54. The van der Waals surface area contributed by atoms with Crippen LogP contribution in [-0.4, -0.2) is 19.6 Å². The fourth-order valence-corrected chi connectivity index (χ4v) is 2.75. The van der Waals surface area contributed by atoms with Gasteiger partial charge in [0.05, 0.1) is 0 Å². The first-order chi connectivity index (χ1) is 9.33. The number of hydrogen-bond donors (Lipinski definition) is 1. The average molecular weight is 260 g/mol. The maximum atomic E-state index is 5.72. The zero-order chi connectivity index (χ0) is 13.5. The van der Waals surface area contributed by atoms with E-state index in [1.165, 1.54) is 49.8 Å². The van der Waals surface area contributed by atoms with Crippen molar-refractivity contribution in [3.63, 3.8) is 0 Å². The Bertz CT molecular complexity index is 354. The van der Waals surface area contributed by atoms with E-state index < -0.39 is 0 Å². The minimum Gasteiger partial charge on any atom is -0.370 e. The van der Waals surface area contributed by atoms with Crippen molar-refractivity contribution in [3.8, 4) is 0 Å². The van der Waals surface area contributed by atoms with Crippen molar-refractivity contribution in [1.29, 1.82) is 0 Å². The van der Waals surface area contributed by atoms with E-state index in [1.807, 2.05) is 0 Å². The molecule has 2 nitrogen and oxygen atoms in total. The van der Waals surface area contributed by atoms with E-state index in [1.54, 1.807) is 0 Å². The highest BCUT2D eigenvalue weighted by molar-refractivity contribution is 5.47. The molecule has 0 amide bonds. The van der Waals surface area contributed by atoms with Gasteiger partial charge >= 0.3 is 0 Å². The van der Waals surface area contributed by atoms with Crippen LogP contribution in [0.4, 0.5) is 5.69 Å². The van der Waals surface area contributed by atoms with Crippen LogP contribution < -0.4 is 10.6 Å². The van der Waals surface area contributed by atoms with Crippen molar-refractivity contribution in [1.82, 2.24) is 0 Å². The molecular formula is C17H28N2. The molecule has 2 heteroatoms. The van der Waals surface area contributed by atoms with Gasteiger partial charge in [-0.15, -0.1) is 0 Å². The SMILES string of the molecule is CCCCN(CCN)c1ccc(CC2CCC2)cc1. The summed E-state index contributed by atoms with van der Waals surface area (Å²) in [6.07, 6.45) is 8.04. The highest BCUT2D eigenvalue weighted by atomic mass is 15.1. The number of anilines is 1. The lowest BCUT2D eigenvalue weighted by molar-refractivity contribution is 0.314. The van der Waals surface area contributed by atoms with Crippen LogP contribution in [0.3, 0.4) is 0 Å². The van der Waals surface area contributed by atoms with E-state index >= 15 is 0 Å². The van der Waals surface area contributed by atoms with Crippen molar-refractivity contribution in [3.05, 3.63) is 29.8 Å². The number of rotatable bonds is 8. The van der Waals surface area contributed by atoms with Crippen LogP contribution in [-0.2, 0) is 6.42 Å². The Labute approximate surface area is 118 Å². The van der Waals surface area contributed by atoms with Gasteiger partial charge in [-0.3, -0.25) is 0 Å². The maximum Gasteiger partial charge on any atom is 0.0366 e. The Balaban J connectivity index is 1.93. The van der Waals surface area contributed by atoms with E-state index in [9.17, 15) is 0 Å². The van der Waals surface area contributed by atoms with Crippen molar-refractivity contribution in [2.45, 2.75) is 45.4 Å². The van der Waals surface area contributed by atoms with Crippen LogP contribution in [0, 0.1) is 5.92 Å². The predicted molar refractivity (Wildman–Crippen MR) is 83.7 cm³/mol. The third kappa shape index (κ3) is 4.24. The number of nitrogens with two attached hydrogens (primary N) is 1. The summed E-state index contributed by atoms with van der Waals surface area (Å²) in [6, 6.07) is 9.17. The van der Waals surface area contributed by atoms with Crippen LogP contribution in [0.1, 0.15) is 44.6 Å². The molecule has 0 bridgehead atoms. The molecule has 2 rings (SSSR count). The first kappa shape index (κ1) is 14.4. The summed E-state index contributed by atoms with van der Waals surface area (Å²) in [5, 5.41) is 0. The van der Waals surface area contributed by atoms with E-state index in [4.69, 9.17) is 5.73 Å². The van der Waals surface area contributed by atoms with E-state index in [-0.39, 0.29) is 0 Å². The van der Waals surface area contributed by atoms with E-state index in [2.05, 4.69) is 36.1 Å². The fraction of sp³-hybridized carbons (Fsp3) is 0.647. The molecule has 1 aromatic rings. The summed E-state index contributed by atoms with van der Waals surface area (Å²) >= 11 is 0. The monoisotopic (exact) mass is 260 g/mol. The molecule has 1 aliphatic carbocycles. The van der Waals surface area contributed by atoms with E-state index in [0.29, 0.717) is 0 Å². The molecule has 0 radical (unpaired) electrons. The predicted octanol–water partition coefficient (Wildman–Crippen LogP) is 3.59. The number of unbranched alkanes of at least 4 members (excludes halogenated alkanes) is 1. The highest BCUT2D eigenvalue weighted by Gasteiger charge is 2.17. The van der Waals surface area contributed by atoms with Gasteiger partial charge in [-0.1, -0.05) is 44.7 Å². The summed E-state index contributed by atoms with van der Waals surface area (Å²) in [4.78, 5) is 2.41. The molecule has 0 aromatic heterocycles. The number of nitrogens with zero attached hydrogens (tertiary/aromatic N) is 1. The van der Waals surface area contributed by atoms with Gasteiger partial charge in [0.15, 0.2) is 0 Å². The molecule has 0 saturated heterocycles. The van der Waals surface area contributed by atoms with Crippen LogP contribution in [0.15, 0.2) is 24.3 Å². The van der Waals surface area contributed by atoms with Crippen LogP contribution in [0.2, 0.25) is 0 Å². The van der Waals surface area contributed by atoms with Gasteiger partial charge < -0.3 is 10.6 Å². The quantitative estimate of drug-likeness (QED) is 0.774. The van der Waals surface area contributed by atoms with Crippen molar-refractivity contribution >= 4 is 5.69 Å². The Morgan fingerprint density at radius 2 is 1.89 bits per heavy atom. The zero-order valence-corrected chi connectivity index (χ0v) is 12.3.